The summed E-state index contributed by atoms with van der Waals surface area (Å²) in [5, 5.41) is 0. The van der Waals surface area contributed by atoms with Crippen molar-refractivity contribution in [3.05, 3.63) is 48.3 Å². The molecule has 0 bridgehead atoms. The van der Waals surface area contributed by atoms with Crippen molar-refractivity contribution in [3.8, 4) is 0 Å². The van der Waals surface area contributed by atoms with Gasteiger partial charge in [0.05, 0.1) is 24.9 Å². The highest BCUT2D eigenvalue weighted by molar-refractivity contribution is 5.02. The molecule has 0 N–H and O–H groups in total. The molecule has 2 aliphatic heterocycles. The van der Waals surface area contributed by atoms with Crippen LogP contribution >= 0.6 is 0 Å². The summed E-state index contributed by atoms with van der Waals surface area (Å²) in [5.74, 6) is 1.14. The molecule has 0 spiro atoms. The van der Waals surface area contributed by atoms with Crippen LogP contribution in [0.5, 0.6) is 0 Å². The Bertz CT molecular complexity index is 658. The fourth-order valence-electron chi connectivity index (χ4n) is 3.76. The second kappa shape index (κ2) is 7.01. The first-order valence-electron chi connectivity index (χ1n) is 8.72. The lowest BCUT2D eigenvalue weighted by atomic mass is 10.1. The molecule has 0 amide bonds. The number of fused-ring (bicyclic) bond motifs is 1. The third-order valence-corrected chi connectivity index (χ3v) is 5.14. The molecule has 2 aromatic heterocycles. The molecular formula is C18H25N5O. The molecular weight excluding hydrogens is 302 g/mol. The maximum absolute atomic E-state index is 6.10. The fraction of sp³-hybridized carbons (Fsp3) is 0.556. The van der Waals surface area contributed by atoms with Gasteiger partial charge in [-0.05, 0) is 18.6 Å². The Morgan fingerprint density at radius 3 is 2.92 bits per heavy atom. The normalized spacial score (nSPS) is 25.0. The lowest BCUT2D eigenvalue weighted by Crippen LogP contribution is -2.49. The lowest BCUT2D eigenvalue weighted by Gasteiger charge is -2.36. The molecule has 2 saturated heterocycles. The third-order valence-electron chi connectivity index (χ3n) is 5.14. The lowest BCUT2D eigenvalue weighted by molar-refractivity contribution is 0.0439. The number of ether oxygens (including phenoxy) is 1. The van der Waals surface area contributed by atoms with Crippen molar-refractivity contribution in [2.24, 2.45) is 7.05 Å². The SMILES string of the molecule is Cn1ccnc1CN1CCN2C[C@H](OCc3ccccn3)C[C@H]2C1. The van der Waals surface area contributed by atoms with Gasteiger partial charge in [-0.3, -0.25) is 14.8 Å². The molecule has 4 heterocycles. The van der Waals surface area contributed by atoms with E-state index in [4.69, 9.17) is 4.74 Å². The van der Waals surface area contributed by atoms with Gasteiger partial charge in [0.1, 0.15) is 5.82 Å². The zero-order valence-corrected chi connectivity index (χ0v) is 14.2. The molecule has 2 aromatic rings. The van der Waals surface area contributed by atoms with Gasteiger partial charge in [-0.1, -0.05) is 6.07 Å². The van der Waals surface area contributed by atoms with Crippen LogP contribution in [0, 0.1) is 0 Å². The van der Waals surface area contributed by atoms with Crippen LogP contribution in [0.2, 0.25) is 0 Å². The maximum Gasteiger partial charge on any atom is 0.122 e. The molecule has 2 fully saturated rings. The molecule has 0 aliphatic carbocycles. The molecule has 0 saturated carbocycles. The van der Waals surface area contributed by atoms with Gasteiger partial charge in [0.25, 0.3) is 0 Å². The highest BCUT2D eigenvalue weighted by Crippen LogP contribution is 2.25. The predicted molar refractivity (Wildman–Crippen MR) is 91.3 cm³/mol. The zero-order valence-electron chi connectivity index (χ0n) is 14.2. The average molecular weight is 327 g/mol. The Kier molecular flexibility index (Phi) is 4.60. The van der Waals surface area contributed by atoms with Crippen LogP contribution in [-0.2, 0) is 24.9 Å². The van der Waals surface area contributed by atoms with E-state index >= 15 is 0 Å². The molecule has 0 aromatic carbocycles. The molecule has 128 valence electrons. The van der Waals surface area contributed by atoms with E-state index in [1.54, 1.807) is 0 Å². The fourth-order valence-corrected chi connectivity index (χ4v) is 3.76. The van der Waals surface area contributed by atoms with Crippen LogP contribution in [-0.4, -0.2) is 62.7 Å². The highest BCUT2D eigenvalue weighted by atomic mass is 16.5. The Labute approximate surface area is 143 Å². The smallest absolute Gasteiger partial charge is 0.122 e. The van der Waals surface area contributed by atoms with Crippen molar-refractivity contribution in [2.45, 2.75) is 31.7 Å². The summed E-state index contributed by atoms with van der Waals surface area (Å²) in [7, 11) is 2.07. The molecule has 6 nitrogen and oxygen atoms in total. The van der Waals surface area contributed by atoms with Crippen LogP contribution in [0.25, 0.3) is 0 Å². The van der Waals surface area contributed by atoms with E-state index in [-0.39, 0.29) is 0 Å². The van der Waals surface area contributed by atoms with Crippen LogP contribution in [0.15, 0.2) is 36.8 Å². The van der Waals surface area contributed by atoms with Gasteiger partial charge in [0.2, 0.25) is 0 Å². The van der Waals surface area contributed by atoms with Gasteiger partial charge >= 0.3 is 0 Å². The summed E-state index contributed by atoms with van der Waals surface area (Å²) in [4.78, 5) is 13.9. The van der Waals surface area contributed by atoms with Gasteiger partial charge < -0.3 is 9.30 Å². The number of hydrogen-bond donors (Lipinski definition) is 0. The minimum absolute atomic E-state index is 0.324. The van der Waals surface area contributed by atoms with E-state index in [9.17, 15) is 0 Å². The van der Waals surface area contributed by atoms with Crippen molar-refractivity contribution in [3.63, 3.8) is 0 Å². The van der Waals surface area contributed by atoms with Crippen molar-refractivity contribution < 1.29 is 4.74 Å². The molecule has 4 rings (SSSR count). The maximum atomic E-state index is 6.10. The largest absolute Gasteiger partial charge is 0.371 e. The third kappa shape index (κ3) is 3.50. The number of hydrogen-bond acceptors (Lipinski definition) is 5. The standard InChI is InChI=1S/C18H25N5O/c1-21-7-6-20-18(21)13-22-8-9-23-12-17(10-16(23)11-22)24-14-15-4-2-3-5-19-15/h2-7,16-17H,8-14H2,1H3/t16-,17+/m0/s1. The number of imidazole rings is 1. The van der Waals surface area contributed by atoms with Crippen molar-refractivity contribution in [1.29, 1.82) is 0 Å². The first-order chi connectivity index (χ1) is 11.8. The monoisotopic (exact) mass is 327 g/mol. The topological polar surface area (TPSA) is 46.4 Å². The molecule has 6 heteroatoms. The molecule has 2 atom stereocenters. The number of aryl methyl sites for hydroxylation is 1. The summed E-state index contributed by atoms with van der Waals surface area (Å²) in [6, 6.07) is 6.58. The summed E-state index contributed by atoms with van der Waals surface area (Å²) in [6.07, 6.45) is 7.16. The zero-order chi connectivity index (χ0) is 16.4. The minimum atomic E-state index is 0.324. The number of pyridine rings is 1. The van der Waals surface area contributed by atoms with E-state index in [1.807, 2.05) is 36.8 Å². The summed E-state index contributed by atoms with van der Waals surface area (Å²) in [5.41, 5.74) is 1.01. The second-order valence-electron chi connectivity index (χ2n) is 6.83. The number of aromatic nitrogens is 3. The Morgan fingerprint density at radius 2 is 2.12 bits per heavy atom. The van der Waals surface area contributed by atoms with E-state index in [1.165, 1.54) is 0 Å². The molecule has 24 heavy (non-hydrogen) atoms. The summed E-state index contributed by atoms with van der Waals surface area (Å²) < 4.78 is 8.21. The first-order valence-corrected chi connectivity index (χ1v) is 8.72. The second-order valence-corrected chi connectivity index (χ2v) is 6.83. The van der Waals surface area contributed by atoms with E-state index < -0.39 is 0 Å². The van der Waals surface area contributed by atoms with Gasteiger partial charge in [-0.25, -0.2) is 4.98 Å². The van der Waals surface area contributed by atoms with Gasteiger partial charge in [-0.15, -0.1) is 0 Å². The number of piperazine rings is 1. The molecule has 0 radical (unpaired) electrons. The first kappa shape index (κ1) is 15.7. The predicted octanol–water partition coefficient (Wildman–Crippen LogP) is 1.29. The van der Waals surface area contributed by atoms with Crippen LogP contribution in [0.4, 0.5) is 0 Å². The van der Waals surface area contributed by atoms with E-state index in [0.717, 1.165) is 50.7 Å². The summed E-state index contributed by atoms with van der Waals surface area (Å²) >= 11 is 0. The molecule has 2 aliphatic rings. The van der Waals surface area contributed by atoms with Crippen molar-refractivity contribution >= 4 is 0 Å². The van der Waals surface area contributed by atoms with Crippen LogP contribution in [0.1, 0.15) is 17.9 Å². The Morgan fingerprint density at radius 1 is 1.17 bits per heavy atom. The Hall–Kier alpha value is -1.76. The minimum Gasteiger partial charge on any atom is -0.371 e. The molecule has 0 unspecified atom stereocenters. The number of rotatable bonds is 5. The van der Waals surface area contributed by atoms with Gasteiger partial charge in [0.15, 0.2) is 0 Å². The van der Waals surface area contributed by atoms with Gasteiger partial charge in [-0.2, -0.15) is 0 Å². The quantitative estimate of drug-likeness (QED) is 0.828. The van der Waals surface area contributed by atoms with Crippen LogP contribution < -0.4 is 0 Å². The highest BCUT2D eigenvalue weighted by Gasteiger charge is 2.36. The van der Waals surface area contributed by atoms with E-state index in [0.29, 0.717) is 18.8 Å². The van der Waals surface area contributed by atoms with Crippen molar-refractivity contribution in [2.75, 3.05) is 26.2 Å². The number of nitrogens with zero attached hydrogens (tertiary/aromatic N) is 5. The Balaban J connectivity index is 1.28. The van der Waals surface area contributed by atoms with Crippen LogP contribution in [0.3, 0.4) is 0 Å². The van der Waals surface area contributed by atoms with E-state index in [2.05, 4.69) is 31.4 Å². The summed E-state index contributed by atoms with van der Waals surface area (Å²) in [6.45, 7) is 5.94. The van der Waals surface area contributed by atoms with Gasteiger partial charge in [0, 0.05) is 57.9 Å². The average Bonchev–Trinajstić information content (AvgIpc) is 3.20. The van der Waals surface area contributed by atoms with Crippen molar-refractivity contribution in [1.82, 2.24) is 24.3 Å².